The SMILES string of the molecule is CCOc1cc(Cl)c(CNCCNC(=O)c2nonc2N)cc1OCC. The Bertz CT molecular complexity index is 737. The minimum absolute atomic E-state index is 0.0269. The molecule has 142 valence electrons. The van der Waals surface area contributed by atoms with E-state index in [0.29, 0.717) is 49.4 Å². The standard InChI is InChI=1S/C16H22ClN5O4/c1-3-24-12-7-10(11(17)8-13(12)25-4-2)9-19-5-6-20-16(23)14-15(18)22-26-21-14/h7-8,19H,3-6,9H2,1-2H3,(H2,18,22)(H,20,23). The van der Waals surface area contributed by atoms with Crippen molar-refractivity contribution in [3.8, 4) is 11.5 Å². The van der Waals surface area contributed by atoms with Crippen molar-refractivity contribution >= 4 is 23.3 Å². The van der Waals surface area contributed by atoms with Crippen molar-refractivity contribution in [3.63, 3.8) is 0 Å². The molecule has 1 heterocycles. The van der Waals surface area contributed by atoms with Gasteiger partial charge in [0.2, 0.25) is 11.5 Å². The fourth-order valence-corrected chi connectivity index (χ4v) is 2.39. The molecule has 0 radical (unpaired) electrons. The van der Waals surface area contributed by atoms with Gasteiger partial charge in [-0.15, -0.1) is 0 Å². The van der Waals surface area contributed by atoms with Gasteiger partial charge in [0.1, 0.15) is 0 Å². The Hall–Kier alpha value is -2.52. The molecule has 2 rings (SSSR count). The van der Waals surface area contributed by atoms with Gasteiger partial charge in [0.05, 0.1) is 13.2 Å². The van der Waals surface area contributed by atoms with Crippen LogP contribution in [-0.2, 0) is 6.54 Å². The normalized spacial score (nSPS) is 10.6. The predicted molar refractivity (Wildman–Crippen MR) is 96.5 cm³/mol. The van der Waals surface area contributed by atoms with E-state index >= 15 is 0 Å². The average molecular weight is 384 g/mol. The summed E-state index contributed by atoms with van der Waals surface area (Å²) in [5, 5.41) is 13.2. The topological polar surface area (TPSA) is 125 Å². The number of carbonyl (C=O) groups is 1. The number of ether oxygens (including phenoxy) is 2. The maximum atomic E-state index is 11.8. The summed E-state index contributed by atoms with van der Waals surface area (Å²) in [5.41, 5.74) is 6.30. The summed E-state index contributed by atoms with van der Waals surface area (Å²) in [6.45, 7) is 6.26. The number of hydrogen-bond acceptors (Lipinski definition) is 8. The summed E-state index contributed by atoms with van der Waals surface area (Å²) in [5.74, 6) is 0.787. The molecule has 0 spiro atoms. The fourth-order valence-electron chi connectivity index (χ4n) is 2.17. The summed E-state index contributed by atoms with van der Waals surface area (Å²) >= 11 is 6.30. The number of halogens is 1. The molecule has 0 atom stereocenters. The van der Waals surface area contributed by atoms with Crippen molar-refractivity contribution < 1.29 is 18.9 Å². The molecule has 4 N–H and O–H groups in total. The first-order chi connectivity index (χ1) is 12.6. The third-order valence-electron chi connectivity index (χ3n) is 3.34. The first-order valence-electron chi connectivity index (χ1n) is 8.21. The summed E-state index contributed by atoms with van der Waals surface area (Å²) in [6.07, 6.45) is 0. The van der Waals surface area contributed by atoms with Gasteiger partial charge >= 0.3 is 0 Å². The number of rotatable bonds is 10. The lowest BCUT2D eigenvalue weighted by Crippen LogP contribution is -2.32. The number of anilines is 1. The number of nitrogen functional groups attached to an aromatic ring is 1. The molecule has 2 aromatic rings. The van der Waals surface area contributed by atoms with Crippen LogP contribution in [0.4, 0.5) is 5.82 Å². The summed E-state index contributed by atoms with van der Waals surface area (Å²) in [4.78, 5) is 11.8. The third kappa shape index (κ3) is 5.24. The van der Waals surface area contributed by atoms with E-state index in [1.807, 2.05) is 19.9 Å². The zero-order valence-corrected chi connectivity index (χ0v) is 15.4. The molecule has 0 aliphatic heterocycles. The van der Waals surface area contributed by atoms with Crippen LogP contribution in [0.3, 0.4) is 0 Å². The Kier molecular flexibility index (Phi) is 7.49. The Morgan fingerprint density at radius 1 is 1.19 bits per heavy atom. The number of nitrogens with one attached hydrogen (secondary N) is 2. The molecular weight excluding hydrogens is 362 g/mol. The molecule has 1 aromatic heterocycles. The second kappa shape index (κ2) is 9.83. The van der Waals surface area contributed by atoms with Gasteiger partial charge in [-0.3, -0.25) is 4.79 Å². The van der Waals surface area contributed by atoms with E-state index in [-0.39, 0.29) is 11.5 Å². The molecule has 26 heavy (non-hydrogen) atoms. The maximum absolute atomic E-state index is 11.8. The van der Waals surface area contributed by atoms with Crippen molar-refractivity contribution in [2.24, 2.45) is 0 Å². The third-order valence-corrected chi connectivity index (χ3v) is 3.70. The summed E-state index contributed by atoms with van der Waals surface area (Å²) in [6, 6.07) is 3.60. The van der Waals surface area contributed by atoms with Crippen LogP contribution < -0.4 is 25.8 Å². The molecule has 10 heteroatoms. The van der Waals surface area contributed by atoms with Gasteiger partial charge in [0, 0.05) is 30.7 Å². The first-order valence-corrected chi connectivity index (χ1v) is 8.59. The molecular formula is C16H22ClN5O4. The molecule has 0 fully saturated rings. The number of amides is 1. The quantitative estimate of drug-likeness (QED) is 0.528. The van der Waals surface area contributed by atoms with Crippen molar-refractivity contribution in [1.29, 1.82) is 0 Å². The van der Waals surface area contributed by atoms with Crippen LogP contribution in [0, 0.1) is 0 Å². The minimum Gasteiger partial charge on any atom is -0.490 e. The van der Waals surface area contributed by atoms with Gasteiger partial charge in [-0.2, -0.15) is 0 Å². The van der Waals surface area contributed by atoms with Crippen LogP contribution in [0.1, 0.15) is 29.9 Å². The zero-order valence-electron chi connectivity index (χ0n) is 14.7. The Labute approximate surface area is 156 Å². The molecule has 0 bridgehead atoms. The molecule has 9 nitrogen and oxygen atoms in total. The van der Waals surface area contributed by atoms with E-state index in [1.165, 1.54) is 0 Å². The van der Waals surface area contributed by atoms with E-state index in [2.05, 4.69) is 25.6 Å². The van der Waals surface area contributed by atoms with E-state index < -0.39 is 5.91 Å². The van der Waals surface area contributed by atoms with Gasteiger partial charge in [-0.05, 0) is 35.8 Å². The van der Waals surface area contributed by atoms with E-state index in [9.17, 15) is 4.79 Å². The molecule has 0 aliphatic rings. The van der Waals surface area contributed by atoms with E-state index in [1.54, 1.807) is 6.07 Å². The van der Waals surface area contributed by atoms with Crippen LogP contribution in [0.25, 0.3) is 0 Å². The smallest absolute Gasteiger partial charge is 0.277 e. The number of nitrogens with two attached hydrogens (primary N) is 1. The highest BCUT2D eigenvalue weighted by atomic mass is 35.5. The average Bonchev–Trinajstić information content (AvgIpc) is 3.04. The van der Waals surface area contributed by atoms with E-state index in [0.717, 1.165) is 5.56 Å². The maximum Gasteiger partial charge on any atom is 0.277 e. The Morgan fingerprint density at radius 3 is 2.50 bits per heavy atom. The number of benzene rings is 1. The van der Waals surface area contributed by atoms with Crippen molar-refractivity contribution in [3.05, 3.63) is 28.4 Å². The van der Waals surface area contributed by atoms with Crippen LogP contribution in [-0.4, -0.2) is 42.5 Å². The second-order valence-corrected chi connectivity index (χ2v) is 5.59. The Morgan fingerprint density at radius 2 is 1.88 bits per heavy atom. The van der Waals surface area contributed by atoms with Crippen LogP contribution >= 0.6 is 11.6 Å². The van der Waals surface area contributed by atoms with Crippen molar-refractivity contribution in [1.82, 2.24) is 20.9 Å². The summed E-state index contributed by atoms with van der Waals surface area (Å²) < 4.78 is 15.5. The molecule has 0 saturated carbocycles. The van der Waals surface area contributed by atoms with Crippen LogP contribution in [0.5, 0.6) is 11.5 Å². The van der Waals surface area contributed by atoms with Gasteiger partial charge in [0.25, 0.3) is 5.91 Å². The summed E-state index contributed by atoms with van der Waals surface area (Å²) in [7, 11) is 0. The number of aromatic nitrogens is 2. The fraction of sp³-hybridized carbons (Fsp3) is 0.438. The first kappa shape index (κ1) is 19.8. The van der Waals surface area contributed by atoms with Gasteiger partial charge in [-0.25, -0.2) is 4.63 Å². The van der Waals surface area contributed by atoms with Gasteiger partial charge in [-0.1, -0.05) is 11.6 Å². The van der Waals surface area contributed by atoms with Crippen LogP contribution in [0.15, 0.2) is 16.8 Å². The lowest BCUT2D eigenvalue weighted by Gasteiger charge is -2.14. The molecule has 0 unspecified atom stereocenters. The largest absolute Gasteiger partial charge is 0.490 e. The number of carbonyl (C=O) groups excluding carboxylic acids is 1. The highest BCUT2D eigenvalue weighted by Gasteiger charge is 2.15. The monoisotopic (exact) mass is 383 g/mol. The number of hydrogen-bond donors (Lipinski definition) is 3. The van der Waals surface area contributed by atoms with Gasteiger partial charge in [0.15, 0.2) is 11.5 Å². The molecule has 1 aromatic carbocycles. The Balaban J connectivity index is 1.84. The lowest BCUT2D eigenvalue weighted by atomic mass is 10.2. The second-order valence-electron chi connectivity index (χ2n) is 5.19. The molecule has 0 aliphatic carbocycles. The van der Waals surface area contributed by atoms with Crippen LogP contribution in [0.2, 0.25) is 5.02 Å². The van der Waals surface area contributed by atoms with Gasteiger partial charge < -0.3 is 25.8 Å². The molecule has 1 amide bonds. The van der Waals surface area contributed by atoms with Crippen molar-refractivity contribution in [2.45, 2.75) is 20.4 Å². The van der Waals surface area contributed by atoms with E-state index in [4.69, 9.17) is 26.8 Å². The van der Waals surface area contributed by atoms with Crippen molar-refractivity contribution in [2.75, 3.05) is 32.0 Å². The highest BCUT2D eigenvalue weighted by Crippen LogP contribution is 2.33. The zero-order chi connectivity index (χ0) is 18.9. The lowest BCUT2D eigenvalue weighted by molar-refractivity contribution is 0.0944. The number of nitrogens with zero attached hydrogens (tertiary/aromatic N) is 2. The minimum atomic E-state index is -0.441. The molecule has 0 saturated heterocycles. The predicted octanol–water partition coefficient (Wildman–Crippen LogP) is 1.62. The highest BCUT2D eigenvalue weighted by molar-refractivity contribution is 6.31.